The number of carbonyl (C=O) groups is 1. The van der Waals surface area contributed by atoms with Crippen LogP contribution in [0.2, 0.25) is 0 Å². The molecule has 0 radical (unpaired) electrons. The number of carbonyl (C=O) groups excluding carboxylic acids is 1. The van der Waals surface area contributed by atoms with E-state index in [-0.39, 0.29) is 29.6 Å². The number of aromatic amines is 1. The second-order valence-corrected chi connectivity index (χ2v) is 12.9. The maximum Gasteiger partial charge on any atom is 0.258 e. The van der Waals surface area contributed by atoms with Gasteiger partial charge < -0.3 is 9.88 Å². The van der Waals surface area contributed by atoms with Crippen molar-refractivity contribution < 1.29 is 35.2 Å². The summed E-state index contributed by atoms with van der Waals surface area (Å²) in [5.41, 5.74) is 1.53. The summed E-state index contributed by atoms with van der Waals surface area (Å²) in [4.78, 5) is 36.6. The van der Waals surface area contributed by atoms with Crippen LogP contribution < -0.4 is 10.5 Å². The molecule has 15 heteroatoms. The van der Waals surface area contributed by atoms with Gasteiger partial charge in [-0.15, -0.1) is 0 Å². The Balaban J connectivity index is 1.35. The first-order valence-electron chi connectivity index (χ1n) is 14.3. The van der Waals surface area contributed by atoms with Crippen LogP contribution in [0.25, 0.3) is 10.9 Å². The third-order valence-corrected chi connectivity index (χ3v) is 10.3. The molecule has 1 amide bonds. The monoisotopic (exact) mass is 647 g/mol. The second kappa shape index (κ2) is 11.9. The summed E-state index contributed by atoms with van der Waals surface area (Å²) in [6, 6.07) is 6.49. The Morgan fingerprint density at radius 3 is 2.22 bits per heavy atom. The number of aromatic nitrogens is 3. The first-order valence-corrected chi connectivity index (χ1v) is 15.7. The van der Waals surface area contributed by atoms with Crippen LogP contribution in [0.15, 0.2) is 52.5 Å². The number of benzene rings is 2. The fourth-order valence-electron chi connectivity index (χ4n) is 5.88. The molecule has 3 heterocycles. The summed E-state index contributed by atoms with van der Waals surface area (Å²) >= 11 is 0. The second-order valence-electron chi connectivity index (χ2n) is 11.1. The third kappa shape index (κ3) is 5.47. The molecule has 0 bridgehead atoms. The Hall–Kier alpha value is -4.24. The molecule has 2 aromatic heterocycles. The van der Waals surface area contributed by atoms with Gasteiger partial charge in [-0.25, -0.2) is 35.4 Å². The topological polar surface area (TPSA) is 116 Å². The molecule has 0 unspecified atom stereocenters. The van der Waals surface area contributed by atoms with Crippen LogP contribution in [0, 0.1) is 29.1 Å². The van der Waals surface area contributed by atoms with E-state index in [9.17, 15) is 40.0 Å². The molecular weight excluding hydrogens is 621 g/mol. The predicted octanol–water partition coefficient (Wildman–Crippen LogP) is 5.06. The number of anilines is 1. The zero-order valence-corrected chi connectivity index (χ0v) is 24.4. The van der Waals surface area contributed by atoms with Crippen molar-refractivity contribution in [2.24, 2.45) is 0 Å². The van der Waals surface area contributed by atoms with Gasteiger partial charge in [0, 0.05) is 30.0 Å². The third-order valence-electron chi connectivity index (χ3n) is 8.41. The molecule has 1 saturated heterocycles. The normalized spacial score (nSPS) is 17.8. The van der Waals surface area contributed by atoms with Gasteiger partial charge in [-0.2, -0.15) is 4.31 Å². The lowest BCUT2D eigenvalue weighted by Gasteiger charge is -2.41. The number of halogens is 5. The number of nitrogens with one attached hydrogen (secondary N) is 1. The molecule has 1 aliphatic carbocycles. The number of nitrogens with zero attached hydrogens (tertiary/aromatic N) is 4. The number of sulfonamides is 1. The zero-order chi connectivity index (χ0) is 32.0. The van der Waals surface area contributed by atoms with E-state index in [4.69, 9.17) is 0 Å². The van der Waals surface area contributed by atoms with E-state index < -0.39 is 68.1 Å². The van der Waals surface area contributed by atoms with Crippen LogP contribution in [0.5, 0.6) is 0 Å². The molecule has 1 aliphatic heterocycles. The first kappa shape index (κ1) is 30.8. The predicted molar refractivity (Wildman–Crippen MR) is 152 cm³/mol. The van der Waals surface area contributed by atoms with E-state index in [1.807, 2.05) is 6.07 Å². The van der Waals surface area contributed by atoms with Crippen molar-refractivity contribution in [3.63, 3.8) is 0 Å². The number of hydrogen-bond acceptors (Lipinski definition) is 6. The lowest BCUT2D eigenvalue weighted by atomic mass is 9.86. The van der Waals surface area contributed by atoms with Crippen LogP contribution in [-0.2, 0) is 21.4 Å². The Morgan fingerprint density at radius 2 is 1.60 bits per heavy atom. The summed E-state index contributed by atoms with van der Waals surface area (Å²) < 4.78 is 97.5. The minimum absolute atomic E-state index is 0.0890. The summed E-state index contributed by atoms with van der Waals surface area (Å²) in [7, 11) is -5.35. The van der Waals surface area contributed by atoms with Gasteiger partial charge >= 0.3 is 0 Å². The minimum atomic E-state index is -5.35. The standard InChI is InChI=1S/C30H26F5N5O4S/c31-23-24(32)26(34)28(27(35)25(23)33)45(43,44)40-11-10-22(40)30(42)39(18-7-8-19-21(12-18)37-15-38-29(19)41)14-16-6-9-20(36-13-16)17-4-2-1-3-5-17/h6-9,12-13,15,17,22H,1-5,10-11,14H2,(H,37,38,41)/t22-/m1/s1. The van der Waals surface area contributed by atoms with Gasteiger partial charge in [0.25, 0.3) is 5.56 Å². The van der Waals surface area contributed by atoms with Gasteiger partial charge in [-0.1, -0.05) is 25.3 Å². The number of rotatable bonds is 7. The van der Waals surface area contributed by atoms with Crippen molar-refractivity contribution in [3.05, 3.63) is 93.6 Å². The highest BCUT2D eigenvalue weighted by atomic mass is 32.2. The first-order chi connectivity index (χ1) is 21.5. The molecule has 6 rings (SSSR count). The number of pyridine rings is 1. The van der Waals surface area contributed by atoms with Crippen LogP contribution in [-0.4, -0.2) is 46.2 Å². The number of hydrogen-bond donors (Lipinski definition) is 1. The number of amides is 1. The lowest BCUT2D eigenvalue weighted by Crippen LogP contribution is -2.59. The molecule has 4 aromatic rings. The molecule has 0 spiro atoms. The molecule has 1 atom stereocenters. The average Bonchev–Trinajstić information content (AvgIpc) is 3.01. The quantitative estimate of drug-likeness (QED) is 0.170. The highest BCUT2D eigenvalue weighted by Gasteiger charge is 2.48. The highest BCUT2D eigenvalue weighted by molar-refractivity contribution is 7.89. The average molecular weight is 648 g/mol. The fraction of sp³-hybridized carbons (Fsp3) is 0.333. The molecular formula is C30H26F5N5O4S. The smallest absolute Gasteiger partial charge is 0.258 e. The molecule has 236 valence electrons. The molecule has 45 heavy (non-hydrogen) atoms. The van der Waals surface area contributed by atoms with Crippen molar-refractivity contribution in [1.29, 1.82) is 0 Å². The highest BCUT2D eigenvalue weighted by Crippen LogP contribution is 2.36. The van der Waals surface area contributed by atoms with Crippen LogP contribution in [0.3, 0.4) is 0 Å². The maximum absolute atomic E-state index is 14.5. The molecule has 1 saturated carbocycles. The van der Waals surface area contributed by atoms with Gasteiger partial charge in [0.2, 0.25) is 21.7 Å². The van der Waals surface area contributed by atoms with Crippen LogP contribution in [0.1, 0.15) is 55.7 Å². The minimum Gasteiger partial charge on any atom is -0.313 e. The Bertz CT molecular complexity index is 1940. The largest absolute Gasteiger partial charge is 0.313 e. The van der Waals surface area contributed by atoms with Gasteiger partial charge in [0.1, 0.15) is 6.04 Å². The van der Waals surface area contributed by atoms with Crippen LogP contribution >= 0.6 is 0 Å². The van der Waals surface area contributed by atoms with Crippen molar-refractivity contribution >= 4 is 32.5 Å². The van der Waals surface area contributed by atoms with Crippen molar-refractivity contribution in [2.45, 2.75) is 61.9 Å². The maximum atomic E-state index is 14.5. The molecule has 2 fully saturated rings. The van der Waals surface area contributed by atoms with E-state index in [0.717, 1.165) is 31.4 Å². The molecule has 1 N–H and O–H groups in total. The van der Waals surface area contributed by atoms with Gasteiger partial charge in [-0.05, 0) is 49.1 Å². The van der Waals surface area contributed by atoms with Gasteiger partial charge in [0.05, 0.1) is 23.8 Å². The van der Waals surface area contributed by atoms with E-state index in [2.05, 4.69) is 15.0 Å². The van der Waals surface area contributed by atoms with Gasteiger partial charge in [-0.3, -0.25) is 14.6 Å². The fourth-order valence-corrected chi connectivity index (χ4v) is 7.62. The molecule has 2 aromatic carbocycles. The SMILES string of the molecule is O=C([C@H]1CCN1S(=O)(=O)c1c(F)c(F)c(F)c(F)c1F)N(Cc1ccc(C2CCCCC2)nc1)c1ccc2c(=O)[nH]cnc2c1. The van der Waals surface area contributed by atoms with E-state index >= 15 is 0 Å². The van der Waals surface area contributed by atoms with Crippen molar-refractivity contribution in [1.82, 2.24) is 19.3 Å². The lowest BCUT2D eigenvalue weighted by molar-refractivity contribution is -0.125. The Kier molecular flexibility index (Phi) is 8.16. The van der Waals surface area contributed by atoms with E-state index in [1.165, 1.54) is 35.8 Å². The summed E-state index contributed by atoms with van der Waals surface area (Å²) in [5.74, 6) is -12.9. The van der Waals surface area contributed by atoms with Crippen molar-refractivity contribution in [2.75, 3.05) is 11.4 Å². The number of fused-ring (bicyclic) bond motifs is 1. The van der Waals surface area contributed by atoms with Crippen molar-refractivity contribution in [3.8, 4) is 0 Å². The summed E-state index contributed by atoms with van der Waals surface area (Å²) in [6.45, 7) is -0.517. The molecule has 9 nitrogen and oxygen atoms in total. The summed E-state index contributed by atoms with van der Waals surface area (Å²) in [6.07, 6.45) is 8.15. The molecule has 2 aliphatic rings. The Morgan fingerprint density at radius 1 is 0.911 bits per heavy atom. The number of H-pyrrole nitrogens is 1. The van der Waals surface area contributed by atoms with E-state index in [1.54, 1.807) is 12.3 Å². The zero-order valence-electron chi connectivity index (χ0n) is 23.6. The van der Waals surface area contributed by atoms with E-state index in [0.29, 0.717) is 15.8 Å². The summed E-state index contributed by atoms with van der Waals surface area (Å²) in [5, 5.41) is 0.228. The Labute approximate surface area is 253 Å². The van der Waals surface area contributed by atoms with Gasteiger partial charge in [0.15, 0.2) is 28.2 Å². The van der Waals surface area contributed by atoms with Crippen LogP contribution in [0.4, 0.5) is 27.6 Å².